The van der Waals surface area contributed by atoms with Gasteiger partial charge < -0.3 is 19.0 Å². The molecule has 1 atom stereocenters. The third kappa shape index (κ3) is 3.92. The van der Waals surface area contributed by atoms with Gasteiger partial charge in [-0.3, -0.25) is 0 Å². The predicted octanol–water partition coefficient (Wildman–Crippen LogP) is 3.94. The second kappa shape index (κ2) is 7.24. The van der Waals surface area contributed by atoms with Crippen molar-refractivity contribution in [2.75, 3.05) is 26.4 Å². The topological polar surface area (TPSA) is 49.3 Å². The van der Waals surface area contributed by atoms with Gasteiger partial charge in [0.25, 0.3) is 0 Å². The van der Waals surface area contributed by atoms with Crippen LogP contribution in [0.15, 0.2) is 23.4 Å². The van der Waals surface area contributed by atoms with Crippen LogP contribution in [0.1, 0.15) is 51.0 Å². The zero-order valence-corrected chi connectivity index (χ0v) is 15.0. The Morgan fingerprint density at radius 2 is 2.16 bits per heavy atom. The Hall–Kier alpha value is -1.75. The average Bonchev–Trinajstić information content (AvgIpc) is 3.20. The highest BCUT2D eigenvalue weighted by Crippen LogP contribution is 2.37. The molecule has 5 heteroatoms. The molecule has 0 amide bonds. The van der Waals surface area contributed by atoms with Crippen molar-refractivity contribution in [2.24, 2.45) is 11.1 Å². The minimum absolute atomic E-state index is 0.249. The molecule has 1 aliphatic carbocycles. The normalized spacial score (nSPS) is 25.1. The van der Waals surface area contributed by atoms with Crippen molar-refractivity contribution in [1.29, 1.82) is 0 Å². The molecule has 0 aromatic heterocycles. The second-order valence-electron chi connectivity index (χ2n) is 7.41. The van der Waals surface area contributed by atoms with E-state index in [1.807, 2.05) is 6.07 Å². The molecular formula is C20H27NO4. The molecule has 0 radical (unpaired) electrons. The molecule has 1 saturated carbocycles. The number of benzene rings is 1. The lowest BCUT2D eigenvalue weighted by Crippen LogP contribution is -2.29. The van der Waals surface area contributed by atoms with E-state index < -0.39 is 0 Å². The van der Waals surface area contributed by atoms with Crippen LogP contribution in [-0.4, -0.2) is 37.7 Å². The molecule has 4 rings (SSSR count). The fourth-order valence-corrected chi connectivity index (χ4v) is 3.21. The van der Waals surface area contributed by atoms with Crippen LogP contribution >= 0.6 is 0 Å². The highest BCUT2D eigenvalue weighted by molar-refractivity contribution is 6.02. The number of unbranched alkanes of at least 4 members (excludes halogenated alkanes) is 1. The van der Waals surface area contributed by atoms with Gasteiger partial charge in [0.15, 0.2) is 17.1 Å². The van der Waals surface area contributed by atoms with Gasteiger partial charge in [0, 0.05) is 18.4 Å². The minimum Gasteiger partial charge on any atom is -0.490 e. The van der Waals surface area contributed by atoms with Gasteiger partial charge in [-0.2, -0.15) is 0 Å². The van der Waals surface area contributed by atoms with E-state index in [9.17, 15) is 0 Å². The van der Waals surface area contributed by atoms with E-state index in [1.54, 1.807) is 0 Å². The standard InChI is InChI=1S/C20H27NO4/c1-2-3-9-23-18-7-6-16(11-19(18)24-13-15-4-5-15)17-12-20(25-21-17)8-10-22-14-20/h6-7,11,15H,2-5,8-10,12-14H2,1H3. The Kier molecular flexibility index (Phi) is 4.84. The Labute approximate surface area is 149 Å². The van der Waals surface area contributed by atoms with E-state index >= 15 is 0 Å². The molecule has 1 saturated heterocycles. The van der Waals surface area contributed by atoms with Crippen LogP contribution in [-0.2, 0) is 9.57 Å². The Morgan fingerprint density at radius 1 is 1.24 bits per heavy atom. The van der Waals surface area contributed by atoms with Crippen LogP contribution in [0.2, 0.25) is 0 Å². The highest BCUT2D eigenvalue weighted by Gasteiger charge is 2.43. The fraction of sp³-hybridized carbons (Fsp3) is 0.650. The third-order valence-electron chi connectivity index (χ3n) is 5.11. The average molecular weight is 345 g/mol. The van der Waals surface area contributed by atoms with Crippen LogP contribution in [0.25, 0.3) is 0 Å². The van der Waals surface area contributed by atoms with Gasteiger partial charge in [0.05, 0.1) is 32.1 Å². The summed E-state index contributed by atoms with van der Waals surface area (Å²) in [7, 11) is 0. The Balaban J connectivity index is 1.48. The first-order chi connectivity index (χ1) is 12.3. The Morgan fingerprint density at radius 3 is 2.92 bits per heavy atom. The van der Waals surface area contributed by atoms with Gasteiger partial charge in [-0.15, -0.1) is 0 Å². The van der Waals surface area contributed by atoms with E-state index in [4.69, 9.17) is 19.0 Å². The fourth-order valence-electron chi connectivity index (χ4n) is 3.21. The molecule has 1 unspecified atom stereocenters. The summed E-state index contributed by atoms with van der Waals surface area (Å²) in [5.74, 6) is 2.36. The zero-order chi connectivity index (χ0) is 17.1. The van der Waals surface area contributed by atoms with Crippen LogP contribution < -0.4 is 9.47 Å². The molecule has 1 aromatic rings. The van der Waals surface area contributed by atoms with Gasteiger partial charge in [-0.05, 0) is 43.4 Å². The molecule has 2 heterocycles. The van der Waals surface area contributed by atoms with E-state index in [0.717, 1.165) is 68.3 Å². The maximum atomic E-state index is 6.06. The van der Waals surface area contributed by atoms with Crippen molar-refractivity contribution in [3.8, 4) is 11.5 Å². The molecule has 2 fully saturated rings. The van der Waals surface area contributed by atoms with E-state index in [2.05, 4.69) is 24.2 Å². The minimum atomic E-state index is -0.249. The molecule has 0 bridgehead atoms. The van der Waals surface area contributed by atoms with Crippen molar-refractivity contribution in [1.82, 2.24) is 0 Å². The van der Waals surface area contributed by atoms with Crippen molar-refractivity contribution < 1.29 is 19.0 Å². The summed E-state index contributed by atoms with van der Waals surface area (Å²) in [6.45, 7) is 5.04. The SMILES string of the molecule is CCCCOc1ccc(C2=NOC3(CCOC3)C2)cc1OCC1CC1. The molecule has 5 nitrogen and oxygen atoms in total. The van der Waals surface area contributed by atoms with Crippen LogP contribution in [0, 0.1) is 5.92 Å². The molecule has 1 aromatic carbocycles. The quantitative estimate of drug-likeness (QED) is 0.670. The number of oxime groups is 1. The van der Waals surface area contributed by atoms with Gasteiger partial charge in [0.1, 0.15) is 0 Å². The van der Waals surface area contributed by atoms with E-state index in [0.29, 0.717) is 12.5 Å². The summed E-state index contributed by atoms with van der Waals surface area (Å²) in [4.78, 5) is 5.72. The number of nitrogens with zero attached hydrogens (tertiary/aromatic N) is 1. The van der Waals surface area contributed by atoms with Crippen LogP contribution in [0.3, 0.4) is 0 Å². The summed E-state index contributed by atoms with van der Waals surface area (Å²) in [6, 6.07) is 6.12. The number of hydrogen-bond acceptors (Lipinski definition) is 5. The van der Waals surface area contributed by atoms with Crippen LogP contribution in [0.5, 0.6) is 11.5 Å². The van der Waals surface area contributed by atoms with Crippen molar-refractivity contribution >= 4 is 5.71 Å². The summed E-state index contributed by atoms with van der Waals surface area (Å²) >= 11 is 0. The van der Waals surface area contributed by atoms with Gasteiger partial charge in [-0.1, -0.05) is 18.5 Å². The number of hydrogen-bond donors (Lipinski definition) is 0. The van der Waals surface area contributed by atoms with E-state index in [1.165, 1.54) is 12.8 Å². The first-order valence-corrected chi connectivity index (χ1v) is 9.51. The smallest absolute Gasteiger partial charge is 0.168 e. The number of rotatable bonds is 8. The molecule has 2 aliphatic heterocycles. The monoisotopic (exact) mass is 345 g/mol. The first kappa shape index (κ1) is 16.7. The van der Waals surface area contributed by atoms with Crippen molar-refractivity contribution in [3.63, 3.8) is 0 Å². The van der Waals surface area contributed by atoms with Gasteiger partial charge in [0.2, 0.25) is 0 Å². The molecule has 0 N–H and O–H groups in total. The summed E-state index contributed by atoms with van der Waals surface area (Å²) in [5, 5.41) is 4.34. The second-order valence-corrected chi connectivity index (χ2v) is 7.41. The summed E-state index contributed by atoms with van der Waals surface area (Å²) in [6.07, 6.45) is 6.42. The highest BCUT2D eigenvalue weighted by atomic mass is 16.7. The lowest BCUT2D eigenvalue weighted by Gasteiger charge is -2.17. The van der Waals surface area contributed by atoms with Gasteiger partial charge in [-0.25, -0.2) is 0 Å². The summed E-state index contributed by atoms with van der Waals surface area (Å²) in [5.41, 5.74) is 1.78. The lowest BCUT2D eigenvalue weighted by atomic mass is 9.93. The molecular weight excluding hydrogens is 318 g/mol. The first-order valence-electron chi connectivity index (χ1n) is 9.51. The van der Waals surface area contributed by atoms with Gasteiger partial charge >= 0.3 is 0 Å². The summed E-state index contributed by atoms with van der Waals surface area (Å²) < 4.78 is 17.5. The predicted molar refractivity (Wildman–Crippen MR) is 95.5 cm³/mol. The van der Waals surface area contributed by atoms with Crippen molar-refractivity contribution in [2.45, 2.75) is 51.0 Å². The molecule has 136 valence electrons. The third-order valence-corrected chi connectivity index (χ3v) is 5.11. The van der Waals surface area contributed by atoms with Crippen LogP contribution in [0.4, 0.5) is 0 Å². The number of ether oxygens (including phenoxy) is 3. The largest absolute Gasteiger partial charge is 0.490 e. The lowest BCUT2D eigenvalue weighted by molar-refractivity contribution is -0.0237. The maximum Gasteiger partial charge on any atom is 0.168 e. The van der Waals surface area contributed by atoms with E-state index in [-0.39, 0.29) is 5.60 Å². The maximum absolute atomic E-state index is 6.06. The molecule has 1 spiro atoms. The zero-order valence-electron chi connectivity index (χ0n) is 15.0. The Bertz CT molecular complexity index is 633. The van der Waals surface area contributed by atoms with Crippen molar-refractivity contribution in [3.05, 3.63) is 23.8 Å². The molecule has 25 heavy (non-hydrogen) atoms. The molecule has 3 aliphatic rings.